The van der Waals surface area contributed by atoms with Gasteiger partial charge in [0.15, 0.2) is 0 Å². The molecule has 1 heterocycles. The quantitative estimate of drug-likeness (QED) is 0.884. The number of hydrogen-bond donors (Lipinski definition) is 1. The van der Waals surface area contributed by atoms with Gasteiger partial charge in [-0.3, -0.25) is 9.10 Å². The maximum atomic E-state index is 12.6. The molecule has 1 aromatic rings. The first kappa shape index (κ1) is 15.9. The van der Waals surface area contributed by atoms with Crippen LogP contribution in [0, 0.1) is 17.8 Å². The molecule has 2 saturated carbocycles. The van der Waals surface area contributed by atoms with E-state index >= 15 is 0 Å². The molecule has 3 atom stereocenters. The van der Waals surface area contributed by atoms with Crippen molar-refractivity contribution in [1.29, 1.82) is 0 Å². The molecule has 6 heteroatoms. The number of sulfonamides is 1. The van der Waals surface area contributed by atoms with Gasteiger partial charge < -0.3 is 5.32 Å². The van der Waals surface area contributed by atoms with Crippen LogP contribution in [-0.2, 0) is 21.2 Å². The van der Waals surface area contributed by atoms with E-state index in [0.29, 0.717) is 18.4 Å². The predicted octanol–water partition coefficient (Wildman–Crippen LogP) is 1.93. The Kier molecular flexibility index (Phi) is 4.03. The van der Waals surface area contributed by atoms with Gasteiger partial charge in [-0.25, -0.2) is 8.42 Å². The second-order valence-corrected chi connectivity index (χ2v) is 9.21. The third kappa shape index (κ3) is 2.81. The van der Waals surface area contributed by atoms with Crippen molar-refractivity contribution in [2.24, 2.45) is 17.8 Å². The Balaban J connectivity index is 1.32. The molecule has 4 rings (SSSR count). The lowest BCUT2D eigenvalue weighted by Gasteiger charge is -2.19. The van der Waals surface area contributed by atoms with Gasteiger partial charge in [0.25, 0.3) is 0 Å². The second-order valence-electron chi connectivity index (χ2n) is 7.20. The summed E-state index contributed by atoms with van der Waals surface area (Å²) in [5, 5.41) is 2.86. The van der Waals surface area contributed by atoms with Crippen LogP contribution >= 0.6 is 0 Å². The molecule has 5 nitrogen and oxygen atoms in total. The van der Waals surface area contributed by atoms with Crippen molar-refractivity contribution in [3.05, 3.63) is 29.8 Å². The number of carbonyl (C=O) groups excluding carboxylic acids is 1. The van der Waals surface area contributed by atoms with Gasteiger partial charge in [0.05, 0.1) is 11.4 Å². The molecule has 0 spiro atoms. The fourth-order valence-corrected chi connectivity index (χ4v) is 5.94. The predicted molar refractivity (Wildman–Crippen MR) is 93.2 cm³/mol. The Morgan fingerprint density at radius 1 is 1.17 bits per heavy atom. The number of fused-ring (bicyclic) bond motifs is 2. The lowest BCUT2D eigenvalue weighted by atomic mass is 10.0. The van der Waals surface area contributed by atoms with Gasteiger partial charge in [-0.15, -0.1) is 0 Å². The number of anilines is 1. The standard InChI is InChI=1S/C18H24N2O3S/c21-18(17-14-6-2-3-7-15(14)17)19-10-12-24(22,23)20-11-9-13-5-1-4-8-16(13)20/h1,4-5,8,14-15,17H,2-3,6-7,9-12H2,(H,19,21)/t14-,15+,17?. The molecule has 1 N–H and O–H groups in total. The zero-order valence-electron chi connectivity index (χ0n) is 13.8. The van der Waals surface area contributed by atoms with Crippen LogP contribution in [0.5, 0.6) is 0 Å². The molecule has 0 radical (unpaired) electrons. The van der Waals surface area contributed by atoms with Gasteiger partial charge >= 0.3 is 0 Å². The fraction of sp³-hybridized carbons (Fsp3) is 0.611. The van der Waals surface area contributed by atoms with E-state index < -0.39 is 10.0 Å². The number of nitrogens with one attached hydrogen (secondary N) is 1. The lowest BCUT2D eigenvalue weighted by molar-refractivity contribution is -0.122. The molecule has 1 aromatic carbocycles. The number of amides is 1. The summed E-state index contributed by atoms with van der Waals surface area (Å²) in [6.07, 6.45) is 5.53. The summed E-state index contributed by atoms with van der Waals surface area (Å²) in [5.74, 6) is 1.28. The van der Waals surface area contributed by atoms with Crippen LogP contribution in [-0.4, -0.2) is 33.2 Å². The van der Waals surface area contributed by atoms with E-state index in [1.54, 1.807) is 0 Å². The van der Waals surface area contributed by atoms with Gasteiger partial charge in [0, 0.05) is 19.0 Å². The summed E-state index contributed by atoms with van der Waals surface area (Å²) in [7, 11) is -3.38. The monoisotopic (exact) mass is 348 g/mol. The minimum absolute atomic E-state index is 0.0326. The molecule has 1 aliphatic heterocycles. The smallest absolute Gasteiger partial charge is 0.236 e. The highest BCUT2D eigenvalue weighted by atomic mass is 32.2. The lowest BCUT2D eigenvalue weighted by Crippen LogP contribution is -2.37. The van der Waals surface area contributed by atoms with Gasteiger partial charge in [-0.1, -0.05) is 31.0 Å². The average molecular weight is 348 g/mol. The number of carbonyl (C=O) groups is 1. The normalized spacial score (nSPS) is 28.2. The molecule has 130 valence electrons. The minimum Gasteiger partial charge on any atom is -0.355 e. The zero-order chi connectivity index (χ0) is 16.7. The van der Waals surface area contributed by atoms with Gasteiger partial charge in [0.2, 0.25) is 15.9 Å². The van der Waals surface area contributed by atoms with E-state index in [0.717, 1.165) is 30.5 Å². The van der Waals surface area contributed by atoms with Crippen molar-refractivity contribution in [3.63, 3.8) is 0 Å². The molecule has 1 unspecified atom stereocenters. The SMILES string of the molecule is O=C(NCCS(=O)(=O)N1CCc2ccccc21)C1[C@H]2CCCC[C@@H]12. The highest BCUT2D eigenvalue weighted by Crippen LogP contribution is 2.55. The third-order valence-electron chi connectivity index (χ3n) is 5.80. The van der Waals surface area contributed by atoms with E-state index in [1.807, 2.05) is 24.3 Å². The summed E-state index contributed by atoms with van der Waals surface area (Å²) in [6.45, 7) is 0.707. The first-order chi connectivity index (χ1) is 11.6. The number of benzene rings is 1. The maximum Gasteiger partial charge on any atom is 0.236 e. The van der Waals surface area contributed by atoms with E-state index in [-0.39, 0.29) is 24.1 Å². The van der Waals surface area contributed by atoms with Crippen molar-refractivity contribution in [2.45, 2.75) is 32.1 Å². The van der Waals surface area contributed by atoms with E-state index in [4.69, 9.17) is 0 Å². The third-order valence-corrected chi connectivity index (χ3v) is 7.57. The topological polar surface area (TPSA) is 66.5 Å². The first-order valence-corrected chi connectivity index (χ1v) is 10.5. The van der Waals surface area contributed by atoms with Gasteiger partial charge in [-0.05, 0) is 42.7 Å². The Labute approximate surface area is 143 Å². The number of para-hydroxylation sites is 1. The molecular weight excluding hydrogens is 324 g/mol. The molecule has 0 saturated heterocycles. The fourth-order valence-electron chi connectivity index (χ4n) is 4.51. The Bertz CT molecular complexity index is 734. The molecule has 0 aromatic heterocycles. The molecule has 1 amide bonds. The number of nitrogens with zero attached hydrogens (tertiary/aromatic N) is 1. The molecule has 0 bridgehead atoms. The van der Waals surface area contributed by atoms with Crippen molar-refractivity contribution >= 4 is 21.6 Å². The van der Waals surface area contributed by atoms with Gasteiger partial charge in [-0.2, -0.15) is 0 Å². The van der Waals surface area contributed by atoms with E-state index in [1.165, 1.54) is 17.1 Å². The number of hydrogen-bond acceptors (Lipinski definition) is 3. The van der Waals surface area contributed by atoms with Crippen LogP contribution in [0.15, 0.2) is 24.3 Å². The molecule has 3 aliphatic rings. The van der Waals surface area contributed by atoms with Crippen LogP contribution < -0.4 is 9.62 Å². The summed E-state index contributed by atoms with van der Waals surface area (Å²) in [4.78, 5) is 12.3. The Morgan fingerprint density at radius 3 is 2.62 bits per heavy atom. The summed E-state index contributed by atoms with van der Waals surface area (Å²) in [6, 6.07) is 7.63. The van der Waals surface area contributed by atoms with E-state index in [9.17, 15) is 13.2 Å². The highest BCUT2D eigenvalue weighted by molar-refractivity contribution is 7.92. The van der Waals surface area contributed by atoms with Crippen molar-refractivity contribution in [3.8, 4) is 0 Å². The molecule has 2 fully saturated rings. The maximum absolute atomic E-state index is 12.6. The number of rotatable bonds is 5. The van der Waals surface area contributed by atoms with Crippen LogP contribution in [0.2, 0.25) is 0 Å². The minimum atomic E-state index is -3.38. The van der Waals surface area contributed by atoms with Crippen molar-refractivity contribution < 1.29 is 13.2 Å². The Morgan fingerprint density at radius 2 is 1.88 bits per heavy atom. The summed E-state index contributed by atoms with van der Waals surface area (Å²) in [5.41, 5.74) is 1.87. The second kappa shape index (κ2) is 6.06. The van der Waals surface area contributed by atoms with E-state index in [2.05, 4.69) is 5.32 Å². The van der Waals surface area contributed by atoms with Crippen molar-refractivity contribution in [2.75, 3.05) is 23.1 Å². The van der Waals surface area contributed by atoms with Crippen LogP contribution in [0.3, 0.4) is 0 Å². The summed E-state index contributed by atoms with van der Waals surface area (Å²) < 4.78 is 26.7. The molecule has 24 heavy (non-hydrogen) atoms. The zero-order valence-corrected chi connectivity index (χ0v) is 14.6. The van der Waals surface area contributed by atoms with Crippen LogP contribution in [0.4, 0.5) is 5.69 Å². The largest absolute Gasteiger partial charge is 0.355 e. The first-order valence-electron chi connectivity index (χ1n) is 8.94. The van der Waals surface area contributed by atoms with Crippen LogP contribution in [0.1, 0.15) is 31.2 Å². The molecule has 2 aliphatic carbocycles. The average Bonchev–Trinajstić information content (AvgIpc) is 3.14. The summed E-state index contributed by atoms with van der Waals surface area (Å²) >= 11 is 0. The van der Waals surface area contributed by atoms with Crippen molar-refractivity contribution in [1.82, 2.24) is 5.32 Å². The molecular formula is C18H24N2O3S. The van der Waals surface area contributed by atoms with Crippen LogP contribution in [0.25, 0.3) is 0 Å². The Hall–Kier alpha value is -1.56. The highest BCUT2D eigenvalue weighted by Gasteiger charge is 2.54. The van der Waals surface area contributed by atoms with Gasteiger partial charge in [0.1, 0.15) is 0 Å².